The molecule has 0 aromatic heterocycles. The molecule has 0 spiro atoms. The van der Waals surface area contributed by atoms with Crippen LogP contribution in [-0.4, -0.2) is 25.7 Å². The second kappa shape index (κ2) is 7.47. The zero-order valence-corrected chi connectivity index (χ0v) is 15.3. The Morgan fingerprint density at radius 1 is 1.26 bits per heavy atom. The van der Waals surface area contributed by atoms with Crippen molar-refractivity contribution in [3.8, 4) is 11.5 Å². The fourth-order valence-corrected chi connectivity index (χ4v) is 3.82. The van der Waals surface area contributed by atoms with E-state index in [2.05, 4.69) is 10.3 Å². The van der Waals surface area contributed by atoms with E-state index in [1.807, 2.05) is 30.3 Å². The highest BCUT2D eigenvalue weighted by molar-refractivity contribution is 5.78. The van der Waals surface area contributed by atoms with Gasteiger partial charge >= 0.3 is 0 Å². The molecular formula is C21H24FN3O2. The molecule has 0 saturated heterocycles. The number of nitrogens with one attached hydrogen (secondary N) is 1. The molecule has 2 aromatic carbocycles. The minimum absolute atomic E-state index is 0.0222. The van der Waals surface area contributed by atoms with E-state index in [1.54, 1.807) is 12.1 Å². The molecule has 27 heavy (non-hydrogen) atoms. The van der Waals surface area contributed by atoms with Crippen LogP contribution in [0.25, 0.3) is 0 Å². The Labute approximate surface area is 158 Å². The molecule has 0 radical (unpaired) electrons. The van der Waals surface area contributed by atoms with Crippen LogP contribution in [0.4, 0.5) is 4.39 Å². The molecule has 1 atom stereocenters. The summed E-state index contributed by atoms with van der Waals surface area (Å²) in [5, 5.41) is 3.30. The maximum atomic E-state index is 13.9. The number of nitrogens with two attached hydrogens (primary N) is 1. The number of nitrogens with zero attached hydrogens (tertiary/aromatic N) is 1. The first-order valence-corrected chi connectivity index (χ1v) is 9.29. The highest BCUT2D eigenvalue weighted by Crippen LogP contribution is 2.38. The zero-order chi connectivity index (χ0) is 18.8. The van der Waals surface area contributed by atoms with Gasteiger partial charge in [-0.05, 0) is 42.5 Å². The molecule has 0 amide bonds. The fourth-order valence-electron chi connectivity index (χ4n) is 3.82. The van der Waals surface area contributed by atoms with Crippen LogP contribution in [0.1, 0.15) is 42.3 Å². The summed E-state index contributed by atoms with van der Waals surface area (Å²) in [4.78, 5) is 4.66. The minimum atomic E-state index is -0.314. The quantitative estimate of drug-likeness (QED) is 0.639. The molecule has 2 aliphatic rings. The lowest BCUT2D eigenvalue weighted by Gasteiger charge is -2.36. The number of aliphatic imine (C=N–C) groups is 1. The monoisotopic (exact) mass is 369 g/mol. The van der Waals surface area contributed by atoms with Gasteiger partial charge < -0.3 is 20.5 Å². The Bertz CT molecular complexity index is 849. The van der Waals surface area contributed by atoms with Crippen LogP contribution in [0.3, 0.4) is 0 Å². The molecule has 1 fully saturated rings. The number of halogens is 1. The summed E-state index contributed by atoms with van der Waals surface area (Å²) in [5.74, 6) is 1.64. The molecule has 0 bridgehead atoms. The lowest BCUT2D eigenvalue weighted by molar-refractivity contribution is 0.269. The minimum Gasteiger partial charge on any atom is -0.494 e. The van der Waals surface area contributed by atoms with Gasteiger partial charge in [-0.2, -0.15) is 0 Å². The average molecular weight is 369 g/mol. The lowest BCUT2D eigenvalue weighted by atomic mass is 9.76. The van der Waals surface area contributed by atoms with Crippen molar-refractivity contribution in [2.75, 3.05) is 13.7 Å². The third-order valence-corrected chi connectivity index (χ3v) is 5.36. The molecule has 6 heteroatoms. The summed E-state index contributed by atoms with van der Waals surface area (Å²) >= 11 is 0. The maximum absolute atomic E-state index is 13.9. The molecule has 1 heterocycles. The Balaban J connectivity index is 1.35. The van der Waals surface area contributed by atoms with Crippen LogP contribution in [0.5, 0.6) is 11.5 Å². The van der Waals surface area contributed by atoms with Crippen LogP contribution < -0.4 is 20.5 Å². The van der Waals surface area contributed by atoms with Crippen LogP contribution in [-0.2, 0) is 0 Å². The first-order chi connectivity index (χ1) is 13.1. The number of benzene rings is 2. The summed E-state index contributed by atoms with van der Waals surface area (Å²) in [6.07, 6.45) is 2.64. The molecule has 142 valence electrons. The molecule has 2 aromatic rings. The first kappa shape index (κ1) is 17.6. The smallest absolute Gasteiger partial charge is 0.189 e. The Morgan fingerprint density at radius 3 is 2.85 bits per heavy atom. The van der Waals surface area contributed by atoms with Gasteiger partial charge in [-0.15, -0.1) is 0 Å². The fraction of sp³-hybridized carbons (Fsp3) is 0.381. The Hall–Kier alpha value is -2.76. The van der Waals surface area contributed by atoms with E-state index in [0.717, 1.165) is 36.1 Å². The van der Waals surface area contributed by atoms with E-state index in [4.69, 9.17) is 15.2 Å². The number of rotatable bonds is 4. The summed E-state index contributed by atoms with van der Waals surface area (Å²) < 4.78 is 24.5. The van der Waals surface area contributed by atoms with Crippen LogP contribution in [0.15, 0.2) is 47.5 Å². The normalized spacial score (nSPS) is 24.4. The molecule has 3 N–H and O–H groups in total. The second-order valence-electron chi connectivity index (χ2n) is 7.11. The molecule has 4 rings (SSSR count). The average Bonchev–Trinajstić information content (AvgIpc) is 2.64. The van der Waals surface area contributed by atoms with Gasteiger partial charge in [-0.3, -0.25) is 0 Å². The van der Waals surface area contributed by atoms with Crippen LogP contribution in [0, 0.1) is 5.82 Å². The third kappa shape index (κ3) is 3.70. The van der Waals surface area contributed by atoms with Gasteiger partial charge in [0.05, 0.1) is 19.8 Å². The van der Waals surface area contributed by atoms with E-state index in [1.165, 1.54) is 7.11 Å². The van der Waals surface area contributed by atoms with E-state index in [-0.39, 0.29) is 23.7 Å². The SMILES string of the molecule is COc1ccc(C2CC(NC(N)=NC3CCOc4ccccc43)C2)cc1F. The molecule has 1 aliphatic heterocycles. The van der Waals surface area contributed by atoms with Gasteiger partial charge in [0.15, 0.2) is 17.5 Å². The van der Waals surface area contributed by atoms with Crippen molar-refractivity contribution in [1.29, 1.82) is 0 Å². The van der Waals surface area contributed by atoms with E-state index in [0.29, 0.717) is 18.5 Å². The third-order valence-electron chi connectivity index (χ3n) is 5.36. The van der Waals surface area contributed by atoms with Crippen molar-refractivity contribution < 1.29 is 13.9 Å². The molecular weight excluding hydrogens is 345 g/mol. The highest BCUT2D eigenvalue weighted by Gasteiger charge is 2.31. The zero-order valence-electron chi connectivity index (χ0n) is 15.3. The van der Waals surface area contributed by atoms with Crippen molar-refractivity contribution in [2.24, 2.45) is 10.7 Å². The first-order valence-electron chi connectivity index (χ1n) is 9.29. The topological polar surface area (TPSA) is 68.9 Å². The van der Waals surface area contributed by atoms with E-state index >= 15 is 0 Å². The molecule has 1 aliphatic carbocycles. The van der Waals surface area contributed by atoms with Gasteiger partial charge in [0.1, 0.15) is 5.75 Å². The number of ether oxygens (including phenoxy) is 2. The van der Waals surface area contributed by atoms with Crippen molar-refractivity contribution >= 4 is 5.96 Å². The van der Waals surface area contributed by atoms with Gasteiger partial charge in [-0.25, -0.2) is 9.38 Å². The van der Waals surface area contributed by atoms with Crippen molar-refractivity contribution in [1.82, 2.24) is 5.32 Å². The highest BCUT2D eigenvalue weighted by atomic mass is 19.1. The summed E-state index contributed by atoms with van der Waals surface area (Å²) in [6.45, 7) is 0.646. The lowest BCUT2D eigenvalue weighted by Crippen LogP contribution is -2.46. The number of guanidine groups is 1. The van der Waals surface area contributed by atoms with Gasteiger partial charge in [0, 0.05) is 18.0 Å². The Kier molecular flexibility index (Phi) is 4.88. The number of hydrogen-bond acceptors (Lipinski definition) is 3. The van der Waals surface area contributed by atoms with Gasteiger partial charge in [0.25, 0.3) is 0 Å². The van der Waals surface area contributed by atoms with E-state index < -0.39 is 0 Å². The van der Waals surface area contributed by atoms with Gasteiger partial charge in [-0.1, -0.05) is 24.3 Å². The van der Waals surface area contributed by atoms with Crippen molar-refractivity contribution in [3.05, 3.63) is 59.4 Å². The molecule has 1 saturated carbocycles. The summed E-state index contributed by atoms with van der Waals surface area (Å²) in [6, 6.07) is 13.4. The number of fused-ring (bicyclic) bond motifs is 1. The standard InChI is InChI=1S/C21H24FN3O2/c1-26-20-7-6-13(12-17(20)22)14-10-15(11-14)24-21(23)25-18-8-9-27-19-5-3-2-4-16(18)19/h2-7,12,14-15,18H,8-11H2,1H3,(H3,23,24,25). The molecule has 1 unspecified atom stereocenters. The number of hydrogen-bond donors (Lipinski definition) is 2. The van der Waals surface area contributed by atoms with E-state index in [9.17, 15) is 4.39 Å². The number of methoxy groups -OCH3 is 1. The second-order valence-corrected chi connectivity index (χ2v) is 7.11. The Morgan fingerprint density at radius 2 is 2.07 bits per heavy atom. The van der Waals surface area contributed by atoms with Crippen LogP contribution >= 0.6 is 0 Å². The largest absolute Gasteiger partial charge is 0.494 e. The summed E-state index contributed by atoms with van der Waals surface area (Å²) in [5.41, 5.74) is 8.22. The van der Waals surface area contributed by atoms with Crippen molar-refractivity contribution in [3.63, 3.8) is 0 Å². The predicted octanol–water partition coefficient (Wildman–Crippen LogP) is 3.51. The van der Waals surface area contributed by atoms with Crippen LogP contribution in [0.2, 0.25) is 0 Å². The van der Waals surface area contributed by atoms with Gasteiger partial charge in [0.2, 0.25) is 0 Å². The predicted molar refractivity (Wildman–Crippen MR) is 103 cm³/mol. The number of para-hydroxylation sites is 1. The summed E-state index contributed by atoms with van der Waals surface area (Å²) in [7, 11) is 1.47. The molecule has 5 nitrogen and oxygen atoms in total. The van der Waals surface area contributed by atoms with Crippen molar-refractivity contribution in [2.45, 2.75) is 37.3 Å². The maximum Gasteiger partial charge on any atom is 0.189 e.